The molecule has 1 saturated carbocycles. The van der Waals surface area contributed by atoms with Gasteiger partial charge in [0.1, 0.15) is 12.4 Å². The number of nitrogens with zero attached hydrogens (tertiary/aromatic N) is 2. The molecular weight excluding hydrogens is 446 g/mol. The molecule has 1 aliphatic carbocycles. The van der Waals surface area contributed by atoms with Crippen LogP contribution in [0.15, 0.2) is 29.1 Å². The number of aromatic nitrogens is 2. The molecule has 2 aliphatic heterocycles. The Morgan fingerprint density at radius 1 is 1.20 bits per heavy atom. The molecule has 35 heavy (non-hydrogen) atoms. The Morgan fingerprint density at radius 3 is 2.77 bits per heavy atom. The second kappa shape index (κ2) is 8.17. The lowest BCUT2D eigenvalue weighted by molar-refractivity contribution is -0.172. The van der Waals surface area contributed by atoms with Crippen molar-refractivity contribution in [2.75, 3.05) is 0 Å². The minimum atomic E-state index is -1.85. The van der Waals surface area contributed by atoms with Crippen LogP contribution in [0.3, 0.4) is 0 Å². The number of ether oxygens (including phenoxy) is 1. The number of carbonyl (C=O) groups is 1. The smallest absolute Gasteiger partial charge is 0.343 e. The van der Waals surface area contributed by atoms with Crippen molar-refractivity contribution in [3.05, 3.63) is 56.9 Å². The van der Waals surface area contributed by atoms with E-state index in [0.29, 0.717) is 52.5 Å². The van der Waals surface area contributed by atoms with Crippen molar-refractivity contribution in [3.8, 4) is 17.1 Å². The summed E-state index contributed by atoms with van der Waals surface area (Å²) >= 11 is 0. The zero-order chi connectivity index (χ0) is 24.3. The van der Waals surface area contributed by atoms with Crippen molar-refractivity contribution in [1.29, 1.82) is 0 Å². The highest BCUT2D eigenvalue weighted by atomic mass is 16.6. The van der Waals surface area contributed by atoms with Crippen molar-refractivity contribution < 1.29 is 19.7 Å². The van der Waals surface area contributed by atoms with E-state index >= 15 is 0 Å². The fraction of sp³-hybridized carbons (Fsp3) is 0.444. The van der Waals surface area contributed by atoms with Gasteiger partial charge < -0.3 is 24.8 Å². The number of esters is 1. The van der Waals surface area contributed by atoms with E-state index < -0.39 is 11.6 Å². The van der Waals surface area contributed by atoms with Gasteiger partial charge in [0.25, 0.3) is 5.56 Å². The van der Waals surface area contributed by atoms with Gasteiger partial charge in [0, 0.05) is 34.7 Å². The molecule has 2 aromatic heterocycles. The van der Waals surface area contributed by atoms with Gasteiger partial charge in [-0.05, 0) is 37.5 Å². The van der Waals surface area contributed by atoms with E-state index in [9.17, 15) is 19.8 Å². The van der Waals surface area contributed by atoms with E-state index in [2.05, 4.69) is 5.32 Å². The Kier molecular flexibility index (Phi) is 5.19. The average Bonchev–Trinajstić information content (AvgIpc) is 3.24. The van der Waals surface area contributed by atoms with Crippen LogP contribution in [0, 0.1) is 0 Å². The molecule has 8 heteroatoms. The molecule has 0 radical (unpaired) electrons. The summed E-state index contributed by atoms with van der Waals surface area (Å²) in [5.41, 5.74) is 1.93. The largest absolute Gasteiger partial charge is 0.507 e. The molecule has 1 fully saturated rings. The first-order chi connectivity index (χ1) is 16.9. The molecule has 0 amide bonds. The zero-order valence-electron chi connectivity index (χ0n) is 19.8. The molecular formula is C27H29N3O5. The second-order valence-corrected chi connectivity index (χ2v) is 9.95. The third kappa shape index (κ3) is 3.38. The van der Waals surface area contributed by atoms with E-state index in [-0.39, 0.29) is 24.3 Å². The predicted molar refractivity (Wildman–Crippen MR) is 130 cm³/mol. The highest BCUT2D eigenvalue weighted by molar-refractivity contribution is 5.90. The standard InChI is InChI=1S/C27H29N3O5/c1-2-27(34)20-11-22-23-16(13-30(22)25(32)19(20)14-35-26(27)33)10-18-21(29-23)9-8-15(24(18)31)12-28-17-6-4-3-5-7-17/h8-11,17,28,31,34H,2-7,12-14H2,1H3/t27-/m0/s1. The third-order valence-corrected chi connectivity index (χ3v) is 7.93. The molecule has 8 nitrogen and oxygen atoms in total. The molecule has 1 aromatic carbocycles. The normalized spacial score (nSPS) is 21.5. The molecule has 0 unspecified atom stereocenters. The summed E-state index contributed by atoms with van der Waals surface area (Å²) in [6.45, 7) is 2.44. The van der Waals surface area contributed by atoms with Crippen LogP contribution in [-0.4, -0.2) is 31.8 Å². The fourth-order valence-corrected chi connectivity index (χ4v) is 5.79. The number of benzene rings is 1. The van der Waals surface area contributed by atoms with Crippen LogP contribution >= 0.6 is 0 Å². The summed E-state index contributed by atoms with van der Waals surface area (Å²) in [6.07, 6.45) is 6.23. The van der Waals surface area contributed by atoms with E-state index in [1.54, 1.807) is 17.6 Å². The first-order valence-corrected chi connectivity index (χ1v) is 12.5. The monoisotopic (exact) mass is 475 g/mol. The predicted octanol–water partition coefficient (Wildman–Crippen LogP) is 3.21. The lowest BCUT2D eigenvalue weighted by atomic mass is 9.86. The first-order valence-electron chi connectivity index (χ1n) is 12.5. The third-order valence-electron chi connectivity index (χ3n) is 7.93. The number of fused-ring (bicyclic) bond motifs is 5. The van der Waals surface area contributed by atoms with Crippen LogP contribution in [-0.2, 0) is 34.8 Å². The number of hydrogen-bond acceptors (Lipinski definition) is 7. The van der Waals surface area contributed by atoms with Crippen molar-refractivity contribution in [2.45, 2.75) is 76.8 Å². The Morgan fingerprint density at radius 2 is 2.00 bits per heavy atom. The Bertz CT molecular complexity index is 1420. The first kappa shape index (κ1) is 22.2. The molecule has 6 rings (SSSR count). The van der Waals surface area contributed by atoms with Gasteiger partial charge in [-0.2, -0.15) is 0 Å². The molecule has 3 N–H and O–H groups in total. The number of cyclic esters (lactones) is 1. The molecule has 3 aliphatic rings. The van der Waals surface area contributed by atoms with E-state index in [1.165, 1.54) is 32.1 Å². The number of pyridine rings is 2. The van der Waals surface area contributed by atoms with Gasteiger partial charge in [-0.1, -0.05) is 32.3 Å². The summed E-state index contributed by atoms with van der Waals surface area (Å²) in [5.74, 6) is -0.524. The minimum Gasteiger partial charge on any atom is -0.507 e. The van der Waals surface area contributed by atoms with Gasteiger partial charge in [-0.3, -0.25) is 4.79 Å². The highest BCUT2D eigenvalue weighted by Gasteiger charge is 2.45. The molecule has 1 atom stereocenters. The molecule has 0 bridgehead atoms. The molecule has 0 saturated heterocycles. The maximum absolute atomic E-state index is 13.3. The second-order valence-electron chi connectivity index (χ2n) is 9.95. The van der Waals surface area contributed by atoms with Crippen molar-refractivity contribution in [2.24, 2.45) is 0 Å². The lowest BCUT2D eigenvalue weighted by Gasteiger charge is -2.31. The number of nitrogens with one attached hydrogen (secondary N) is 1. The Hall–Kier alpha value is -3.23. The number of aliphatic hydroxyl groups is 1. The van der Waals surface area contributed by atoms with Gasteiger partial charge in [0.05, 0.1) is 29.0 Å². The summed E-state index contributed by atoms with van der Waals surface area (Å²) in [4.78, 5) is 30.4. The highest BCUT2D eigenvalue weighted by Crippen LogP contribution is 2.40. The number of rotatable bonds is 4. The van der Waals surface area contributed by atoms with Crippen LogP contribution in [0.5, 0.6) is 5.75 Å². The van der Waals surface area contributed by atoms with E-state index in [0.717, 1.165) is 11.1 Å². The van der Waals surface area contributed by atoms with E-state index in [1.807, 2.05) is 18.2 Å². The lowest BCUT2D eigenvalue weighted by Crippen LogP contribution is -2.44. The van der Waals surface area contributed by atoms with Gasteiger partial charge in [0.15, 0.2) is 5.60 Å². The summed E-state index contributed by atoms with van der Waals surface area (Å²) < 4.78 is 6.73. The summed E-state index contributed by atoms with van der Waals surface area (Å²) in [6, 6.07) is 7.88. The molecule has 0 spiro atoms. The average molecular weight is 476 g/mol. The maximum atomic E-state index is 13.3. The fourth-order valence-electron chi connectivity index (χ4n) is 5.79. The summed E-state index contributed by atoms with van der Waals surface area (Å²) in [7, 11) is 0. The molecule has 3 aromatic rings. The summed E-state index contributed by atoms with van der Waals surface area (Å²) in [5, 5.41) is 26.3. The van der Waals surface area contributed by atoms with Gasteiger partial charge >= 0.3 is 5.97 Å². The van der Waals surface area contributed by atoms with Gasteiger partial charge in [0.2, 0.25) is 0 Å². The van der Waals surface area contributed by atoms with Crippen LogP contribution in [0.4, 0.5) is 0 Å². The van der Waals surface area contributed by atoms with Crippen molar-refractivity contribution in [1.82, 2.24) is 14.9 Å². The molecule has 182 valence electrons. The quantitative estimate of drug-likeness (QED) is 0.389. The number of phenolic OH excluding ortho intramolecular Hbond substituents is 1. The number of carbonyl (C=O) groups excluding carboxylic acids is 1. The topological polar surface area (TPSA) is 114 Å². The minimum absolute atomic E-state index is 0.102. The van der Waals surface area contributed by atoms with Gasteiger partial charge in [-0.25, -0.2) is 9.78 Å². The Labute approximate surface area is 202 Å². The number of phenols is 1. The van der Waals surface area contributed by atoms with Crippen LogP contribution in [0.1, 0.15) is 67.7 Å². The maximum Gasteiger partial charge on any atom is 0.343 e. The van der Waals surface area contributed by atoms with Crippen molar-refractivity contribution >= 4 is 16.9 Å². The SMILES string of the molecule is CC[C@@]1(O)C(=O)OCc2c1cc1n(c2=O)Cc2cc3c(O)c(CNC4CCCCC4)ccc3nc2-1. The van der Waals surface area contributed by atoms with E-state index in [4.69, 9.17) is 9.72 Å². The number of hydrogen-bond donors (Lipinski definition) is 3. The number of aromatic hydroxyl groups is 1. The molecule has 4 heterocycles. The van der Waals surface area contributed by atoms with Crippen LogP contribution < -0.4 is 10.9 Å². The van der Waals surface area contributed by atoms with Crippen LogP contribution in [0.25, 0.3) is 22.3 Å². The van der Waals surface area contributed by atoms with Crippen molar-refractivity contribution in [3.63, 3.8) is 0 Å². The van der Waals surface area contributed by atoms with Gasteiger partial charge in [-0.15, -0.1) is 0 Å². The zero-order valence-corrected chi connectivity index (χ0v) is 19.8. The van der Waals surface area contributed by atoms with Crippen LogP contribution in [0.2, 0.25) is 0 Å². The Balaban J connectivity index is 1.40.